The van der Waals surface area contributed by atoms with E-state index in [1.165, 1.54) is 16.7 Å². The van der Waals surface area contributed by atoms with E-state index in [2.05, 4.69) is 55.5 Å². The summed E-state index contributed by atoms with van der Waals surface area (Å²) < 4.78 is 35.9. The highest BCUT2D eigenvalue weighted by Gasteiger charge is 2.30. The molecule has 0 aliphatic heterocycles. The number of carbonyl (C=O) groups is 1. The van der Waals surface area contributed by atoms with Crippen LogP contribution in [0.4, 0.5) is 13.2 Å². The predicted molar refractivity (Wildman–Crippen MR) is 95.0 cm³/mol. The monoisotopic (exact) mass is 358 g/mol. The molecule has 3 aromatic carbocycles. The van der Waals surface area contributed by atoms with Gasteiger partial charge in [-0.05, 0) is 47.9 Å². The first kappa shape index (κ1) is 19.2. The molecule has 0 aromatic heterocycles. The van der Waals surface area contributed by atoms with Crippen LogP contribution in [0.1, 0.15) is 21.5 Å². The van der Waals surface area contributed by atoms with Crippen molar-refractivity contribution in [1.29, 1.82) is 0 Å². The number of carboxylic acid groups (broad SMARTS) is 1. The molecule has 0 unspecified atom stereocenters. The molecule has 0 saturated carbocycles. The summed E-state index contributed by atoms with van der Waals surface area (Å²) >= 11 is 0. The van der Waals surface area contributed by atoms with E-state index >= 15 is 0 Å². The minimum Gasteiger partial charge on any atom is -0.478 e. The standard InChI is InChI=1S/C13H12.C8H5F3O2/c1-11-7-5-6-10-13(11)12-8-3-2-4-9-12;9-8(10,11)6-3-1-5(2-4-6)7(12)13/h2-10H,1H3;1-4H,(H,12,13). The summed E-state index contributed by atoms with van der Waals surface area (Å²) in [5, 5.41) is 8.40. The summed E-state index contributed by atoms with van der Waals surface area (Å²) in [4.78, 5) is 10.3. The molecule has 0 heterocycles. The molecule has 3 aromatic rings. The van der Waals surface area contributed by atoms with Crippen LogP contribution in [0.2, 0.25) is 0 Å². The van der Waals surface area contributed by atoms with Gasteiger partial charge in [-0.1, -0.05) is 54.6 Å². The SMILES string of the molecule is Cc1ccccc1-c1ccccc1.O=C(O)c1ccc(C(F)(F)F)cc1. The van der Waals surface area contributed by atoms with Crippen molar-refractivity contribution in [2.24, 2.45) is 0 Å². The van der Waals surface area contributed by atoms with E-state index in [1.807, 2.05) is 6.07 Å². The van der Waals surface area contributed by atoms with E-state index in [0.717, 1.165) is 24.3 Å². The molecule has 2 nitrogen and oxygen atoms in total. The second kappa shape index (κ2) is 8.34. The summed E-state index contributed by atoms with van der Waals surface area (Å²) in [5.74, 6) is -1.24. The first-order valence-corrected chi connectivity index (χ1v) is 7.80. The van der Waals surface area contributed by atoms with Gasteiger partial charge in [0.2, 0.25) is 0 Å². The number of carboxylic acids is 1. The van der Waals surface area contributed by atoms with Crippen LogP contribution >= 0.6 is 0 Å². The number of hydrogen-bond donors (Lipinski definition) is 1. The fourth-order valence-corrected chi connectivity index (χ4v) is 2.32. The second-order valence-corrected chi connectivity index (χ2v) is 5.56. The smallest absolute Gasteiger partial charge is 0.416 e. The molecule has 3 rings (SSSR count). The molecule has 0 atom stereocenters. The maximum atomic E-state index is 12.0. The molecule has 0 fully saturated rings. The Morgan fingerprint density at radius 1 is 0.808 bits per heavy atom. The third kappa shape index (κ3) is 5.21. The average molecular weight is 358 g/mol. The lowest BCUT2D eigenvalue weighted by atomic mass is 10.0. The van der Waals surface area contributed by atoms with Gasteiger partial charge >= 0.3 is 12.1 Å². The van der Waals surface area contributed by atoms with Gasteiger partial charge in [-0.25, -0.2) is 4.79 Å². The number of alkyl halides is 3. The van der Waals surface area contributed by atoms with Crippen LogP contribution in [0, 0.1) is 6.92 Å². The summed E-state index contributed by atoms with van der Waals surface area (Å²) in [6, 6.07) is 22.2. The third-order valence-electron chi connectivity index (χ3n) is 3.69. The molecule has 26 heavy (non-hydrogen) atoms. The van der Waals surface area contributed by atoms with E-state index in [4.69, 9.17) is 5.11 Å². The first-order valence-electron chi connectivity index (χ1n) is 7.80. The minimum atomic E-state index is -4.42. The maximum Gasteiger partial charge on any atom is 0.416 e. The molecule has 0 aliphatic carbocycles. The van der Waals surface area contributed by atoms with Gasteiger partial charge in [0, 0.05) is 0 Å². The summed E-state index contributed by atoms with van der Waals surface area (Å²) in [6.07, 6.45) is -4.42. The number of halogens is 3. The van der Waals surface area contributed by atoms with Gasteiger partial charge in [-0.15, -0.1) is 0 Å². The van der Waals surface area contributed by atoms with Gasteiger partial charge < -0.3 is 5.11 Å². The second-order valence-electron chi connectivity index (χ2n) is 5.56. The van der Waals surface area contributed by atoms with E-state index < -0.39 is 17.7 Å². The van der Waals surface area contributed by atoms with Gasteiger partial charge in [-0.3, -0.25) is 0 Å². The molecule has 0 amide bonds. The lowest BCUT2D eigenvalue weighted by Crippen LogP contribution is -2.05. The van der Waals surface area contributed by atoms with Gasteiger partial charge in [0.1, 0.15) is 0 Å². The Labute approximate surface area is 149 Å². The largest absolute Gasteiger partial charge is 0.478 e. The summed E-state index contributed by atoms with van der Waals surface area (Å²) in [5.41, 5.74) is 2.93. The Balaban J connectivity index is 0.000000187. The Bertz CT molecular complexity index is 854. The molecular weight excluding hydrogens is 341 g/mol. The zero-order chi connectivity index (χ0) is 19.2. The molecule has 0 saturated heterocycles. The molecular formula is C21H17F3O2. The van der Waals surface area contributed by atoms with Crippen molar-refractivity contribution < 1.29 is 23.1 Å². The lowest BCUT2D eigenvalue weighted by molar-refractivity contribution is -0.137. The van der Waals surface area contributed by atoms with Crippen molar-refractivity contribution in [3.05, 3.63) is 95.6 Å². The van der Waals surface area contributed by atoms with Crippen LogP contribution < -0.4 is 0 Å². The molecule has 0 spiro atoms. The highest BCUT2D eigenvalue weighted by Crippen LogP contribution is 2.29. The van der Waals surface area contributed by atoms with Crippen LogP contribution in [0.15, 0.2) is 78.9 Å². The van der Waals surface area contributed by atoms with E-state index in [9.17, 15) is 18.0 Å². The molecule has 0 bridgehead atoms. The number of aryl methyl sites for hydroxylation is 1. The van der Waals surface area contributed by atoms with E-state index in [1.54, 1.807) is 0 Å². The third-order valence-corrected chi connectivity index (χ3v) is 3.69. The highest BCUT2D eigenvalue weighted by molar-refractivity contribution is 5.87. The fourth-order valence-electron chi connectivity index (χ4n) is 2.32. The first-order chi connectivity index (χ1) is 12.3. The quantitative estimate of drug-likeness (QED) is 0.604. The molecule has 0 aliphatic rings. The molecule has 0 radical (unpaired) electrons. The Kier molecular flexibility index (Phi) is 6.17. The predicted octanol–water partition coefficient (Wildman–Crippen LogP) is 6.07. The Morgan fingerprint density at radius 3 is 1.85 bits per heavy atom. The highest BCUT2D eigenvalue weighted by atomic mass is 19.4. The van der Waals surface area contributed by atoms with Gasteiger partial charge in [0.05, 0.1) is 11.1 Å². The number of rotatable bonds is 2. The van der Waals surface area contributed by atoms with Gasteiger partial charge in [-0.2, -0.15) is 13.2 Å². The van der Waals surface area contributed by atoms with Gasteiger partial charge in [0.15, 0.2) is 0 Å². The average Bonchev–Trinajstić information content (AvgIpc) is 2.63. The maximum absolute atomic E-state index is 12.0. The zero-order valence-corrected chi connectivity index (χ0v) is 14.0. The Morgan fingerprint density at radius 2 is 1.35 bits per heavy atom. The van der Waals surface area contributed by atoms with E-state index in [0.29, 0.717) is 0 Å². The number of aromatic carboxylic acids is 1. The minimum absolute atomic E-state index is 0.159. The van der Waals surface area contributed by atoms with Crippen LogP contribution in [0.25, 0.3) is 11.1 Å². The van der Waals surface area contributed by atoms with Crippen LogP contribution in [-0.4, -0.2) is 11.1 Å². The fraction of sp³-hybridized carbons (Fsp3) is 0.0952. The van der Waals surface area contributed by atoms with Crippen LogP contribution in [0.5, 0.6) is 0 Å². The van der Waals surface area contributed by atoms with Crippen molar-refractivity contribution in [3.8, 4) is 11.1 Å². The van der Waals surface area contributed by atoms with Crippen molar-refractivity contribution in [1.82, 2.24) is 0 Å². The molecule has 1 N–H and O–H groups in total. The Hall–Kier alpha value is -3.08. The summed E-state index contributed by atoms with van der Waals surface area (Å²) in [6.45, 7) is 2.14. The normalized spacial score (nSPS) is 10.6. The van der Waals surface area contributed by atoms with Gasteiger partial charge in [0.25, 0.3) is 0 Å². The molecule has 5 heteroatoms. The van der Waals surface area contributed by atoms with Crippen molar-refractivity contribution in [2.75, 3.05) is 0 Å². The summed E-state index contributed by atoms with van der Waals surface area (Å²) in [7, 11) is 0. The lowest BCUT2D eigenvalue weighted by Gasteiger charge is -2.05. The van der Waals surface area contributed by atoms with Crippen molar-refractivity contribution in [2.45, 2.75) is 13.1 Å². The molecule has 134 valence electrons. The zero-order valence-electron chi connectivity index (χ0n) is 14.0. The van der Waals surface area contributed by atoms with Crippen LogP contribution in [0.3, 0.4) is 0 Å². The topological polar surface area (TPSA) is 37.3 Å². The van der Waals surface area contributed by atoms with E-state index in [-0.39, 0.29) is 5.56 Å². The van der Waals surface area contributed by atoms with Crippen LogP contribution in [-0.2, 0) is 6.18 Å². The van der Waals surface area contributed by atoms with Crippen molar-refractivity contribution >= 4 is 5.97 Å². The number of benzene rings is 3. The number of hydrogen-bond acceptors (Lipinski definition) is 1. The van der Waals surface area contributed by atoms with Crippen molar-refractivity contribution in [3.63, 3.8) is 0 Å².